The van der Waals surface area contributed by atoms with Gasteiger partial charge in [-0.1, -0.05) is 24.3 Å². The molecular weight excluding hydrogens is 751 g/mol. The number of rotatable bonds is 10. The number of benzene rings is 3. The van der Waals surface area contributed by atoms with Crippen molar-refractivity contribution in [1.82, 2.24) is 39.8 Å². The highest BCUT2D eigenvalue weighted by molar-refractivity contribution is 6.23. The van der Waals surface area contributed by atoms with Gasteiger partial charge in [0.2, 0.25) is 17.8 Å². The first-order valence-electron chi connectivity index (χ1n) is 20.1. The number of aryl methyl sites for hydroxylation is 3. The van der Waals surface area contributed by atoms with Gasteiger partial charge in [0.25, 0.3) is 11.8 Å². The number of fused-ring (bicyclic) bond motifs is 3. The van der Waals surface area contributed by atoms with Crippen LogP contribution in [-0.2, 0) is 29.6 Å². The molecule has 0 saturated carbocycles. The number of aromatic nitrogens is 4. The molecule has 59 heavy (non-hydrogen) atoms. The minimum Gasteiger partial charge on any atom is -0.390 e. The average Bonchev–Trinajstić information content (AvgIpc) is 3.66. The number of hydrogen-bond donors (Lipinski definition) is 4. The van der Waals surface area contributed by atoms with Crippen LogP contribution in [-0.4, -0.2) is 121 Å². The minimum absolute atomic E-state index is 0.0796. The zero-order chi connectivity index (χ0) is 40.9. The molecule has 4 N–H and O–H groups in total. The molecule has 2 fully saturated rings. The molecule has 9 rings (SSSR count). The normalized spacial score (nSPS) is 19.2. The van der Waals surface area contributed by atoms with Crippen LogP contribution in [0, 0.1) is 13.8 Å². The molecular formula is C43H47N11O5. The van der Waals surface area contributed by atoms with E-state index in [0.717, 1.165) is 71.1 Å². The van der Waals surface area contributed by atoms with Gasteiger partial charge in [0.1, 0.15) is 6.04 Å². The zero-order valence-electron chi connectivity index (χ0n) is 33.4. The fourth-order valence-corrected chi connectivity index (χ4v) is 8.80. The molecule has 2 aromatic heterocycles. The monoisotopic (exact) mass is 797 g/mol. The number of anilines is 5. The Morgan fingerprint density at radius 2 is 1.61 bits per heavy atom. The summed E-state index contributed by atoms with van der Waals surface area (Å²) >= 11 is 0. The van der Waals surface area contributed by atoms with Gasteiger partial charge in [-0.3, -0.25) is 39.2 Å². The van der Waals surface area contributed by atoms with E-state index in [-0.39, 0.29) is 24.0 Å². The number of carbonyl (C=O) groups is 4. The Morgan fingerprint density at radius 1 is 0.847 bits per heavy atom. The maximum atomic E-state index is 13.3. The summed E-state index contributed by atoms with van der Waals surface area (Å²) in [6.07, 6.45) is 2.37. The largest absolute Gasteiger partial charge is 0.390 e. The third-order valence-corrected chi connectivity index (χ3v) is 12.0. The first-order chi connectivity index (χ1) is 28.5. The molecule has 6 heterocycles. The lowest BCUT2D eigenvalue weighted by Crippen LogP contribution is -2.54. The molecule has 3 aromatic carbocycles. The fourth-order valence-electron chi connectivity index (χ4n) is 8.80. The number of piperazine rings is 1. The van der Waals surface area contributed by atoms with E-state index < -0.39 is 35.8 Å². The second kappa shape index (κ2) is 15.5. The predicted octanol–water partition coefficient (Wildman–Crippen LogP) is 3.41. The molecule has 304 valence electrons. The summed E-state index contributed by atoms with van der Waals surface area (Å²) in [4.78, 5) is 67.7. The highest BCUT2D eigenvalue weighted by Gasteiger charge is 2.45. The lowest BCUT2D eigenvalue weighted by molar-refractivity contribution is -0.136. The van der Waals surface area contributed by atoms with Gasteiger partial charge in [-0.05, 0) is 79.3 Å². The van der Waals surface area contributed by atoms with Crippen LogP contribution < -0.4 is 20.9 Å². The number of para-hydroxylation sites is 1. The summed E-state index contributed by atoms with van der Waals surface area (Å²) in [6, 6.07) is 16.8. The van der Waals surface area contributed by atoms with Crippen LogP contribution in [0.25, 0.3) is 11.0 Å². The van der Waals surface area contributed by atoms with Gasteiger partial charge in [-0.25, -0.2) is 9.67 Å². The lowest BCUT2D eigenvalue weighted by atomic mass is 9.98. The van der Waals surface area contributed by atoms with Crippen molar-refractivity contribution >= 4 is 63.5 Å². The van der Waals surface area contributed by atoms with Crippen molar-refractivity contribution in [3.8, 4) is 0 Å². The zero-order valence-corrected chi connectivity index (χ0v) is 33.4. The number of nitrogens with one attached hydrogen (secondary N) is 3. The summed E-state index contributed by atoms with van der Waals surface area (Å²) in [6.45, 7) is 9.70. The third-order valence-electron chi connectivity index (χ3n) is 12.0. The molecule has 2 unspecified atom stereocenters. The molecule has 4 aliphatic rings. The number of carbonyl (C=O) groups excluding carboxylic acids is 4. The number of aliphatic hydroxyl groups excluding tert-OH is 1. The van der Waals surface area contributed by atoms with Gasteiger partial charge in [0.15, 0.2) is 11.5 Å². The molecule has 0 bridgehead atoms. The quantitative estimate of drug-likeness (QED) is 0.151. The molecule has 0 spiro atoms. The van der Waals surface area contributed by atoms with Crippen molar-refractivity contribution in [2.45, 2.75) is 51.8 Å². The van der Waals surface area contributed by atoms with E-state index in [4.69, 9.17) is 10.1 Å². The Kier molecular flexibility index (Phi) is 10.1. The van der Waals surface area contributed by atoms with Gasteiger partial charge in [0, 0.05) is 89.1 Å². The predicted molar refractivity (Wildman–Crippen MR) is 222 cm³/mol. The van der Waals surface area contributed by atoms with Crippen molar-refractivity contribution in [2.24, 2.45) is 7.05 Å². The van der Waals surface area contributed by atoms with Crippen LogP contribution in [0.1, 0.15) is 55.8 Å². The van der Waals surface area contributed by atoms with Crippen LogP contribution in [0.3, 0.4) is 0 Å². The molecule has 2 atom stereocenters. The maximum absolute atomic E-state index is 13.3. The number of β-amino-alcohol motifs (C(OH)–C–C–N with tert-alkyl or cyclic N) is 1. The van der Waals surface area contributed by atoms with E-state index in [1.165, 1.54) is 11.1 Å². The van der Waals surface area contributed by atoms with E-state index >= 15 is 0 Å². The highest BCUT2D eigenvalue weighted by atomic mass is 16.3. The van der Waals surface area contributed by atoms with Crippen LogP contribution in [0.5, 0.6) is 0 Å². The minimum atomic E-state index is -0.991. The van der Waals surface area contributed by atoms with E-state index in [2.05, 4.69) is 79.8 Å². The fraction of sp³-hybridized carbons (Fsp3) is 0.372. The Hall–Kier alpha value is -6.23. The van der Waals surface area contributed by atoms with E-state index in [1.54, 1.807) is 23.0 Å². The van der Waals surface area contributed by atoms with E-state index in [9.17, 15) is 24.3 Å². The molecule has 4 amide bonds. The van der Waals surface area contributed by atoms with Crippen molar-refractivity contribution in [3.63, 3.8) is 0 Å². The van der Waals surface area contributed by atoms with Crippen LogP contribution >= 0.6 is 0 Å². The number of amides is 4. The molecule has 0 aliphatic carbocycles. The van der Waals surface area contributed by atoms with Crippen molar-refractivity contribution < 1.29 is 24.3 Å². The van der Waals surface area contributed by atoms with Gasteiger partial charge in [-0.2, -0.15) is 10.1 Å². The third kappa shape index (κ3) is 7.50. The first kappa shape index (κ1) is 38.3. The van der Waals surface area contributed by atoms with Gasteiger partial charge in [0.05, 0.1) is 22.6 Å². The molecule has 16 nitrogen and oxygen atoms in total. The second-order valence-electron chi connectivity index (χ2n) is 16.0. The Balaban J connectivity index is 0.777. The second-order valence-corrected chi connectivity index (χ2v) is 16.0. The lowest BCUT2D eigenvalue weighted by Gasteiger charge is -2.38. The number of hydrogen-bond acceptors (Lipinski definition) is 13. The van der Waals surface area contributed by atoms with E-state index in [1.807, 2.05) is 19.2 Å². The molecule has 5 aromatic rings. The van der Waals surface area contributed by atoms with Gasteiger partial charge >= 0.3 is 0 Å². The van der Waals surface area contributed by atoms with Crippen LogP contribution in [0.4, 0.5) is 28.8 Å². The first-order valence-corrected chi connectivity index (χ1v) is 20.1. The van der Waals surface area contributed by atoms with Gasteiger partial charge in [-0.15, -0.1) is 0 Å². The van der Waals surface area contributed by atoms with Crippen LogP contribution in [0.2, 0.25) is 0 Å². The standard InChI is InChI=1S/C43H47N11O5/c1-25-5-4-6-26(2)37(25)47-38-34-21-44-43(48-39(34)50(3)49-38)45-29-8-7-27-13-14-52(22-28(27)19-29)24-31(55)23-51-15-17-53(18-16-51)30-9-10-32-33(20-30)42(59)54(41(32)58)35-11-12-36(56)46-40(35)57/h4-10,19-21,31,35,55H,11-18,22-24H2,1-3H3,(H,47,49)(H,44,45,48)(H,46,56,57). The SMILES string of the molecule is Cc1cccc(C)c1Nc1nn(C)c2nc(Nc3ccc4c(c3)CN(CC(O)CN3CCN(c5ccc6c(c5)C(=O)N(C5CCC(=O)NC5=O)C6=O)CC3)CC4)ncc12. The highest BCUT2D eigenvalue weighted by Crippen LogP contribution is 2.32. The summed E-state index contributed by atoms with van der Waals surface area (Å²) in [5.41, 5.74) is 8.79. The number of piperidine rings is 1. The molecule has 16 heteroatoms. The summed E-state index contributed by atoms with van der Waals surface area (Å²) in [5, 5.41) is 25.9. The van der Waals surface area contributed by atoms with E-state index in [0.29, 0.717) is 43.6 Å². The number of imide groups is 2. The van der Waals surface area contributed by atoms with Crippen LogP contribution in [0.15, 0.2) is 60.8 Å². The van der Waals surface area contributed by atoms with Crippen molar-refractivity contribution in [1.29, 1.82) is 0 Å². The van der Waals surface area contributed by atoms with Crippen molar-refractivity contribution in [3.05, 3.63) is 94.2 Å². The number of nitrogens with zero attached hydrogens (tertiary/aromatic N) is 8. The average molecular weight is 798 g/mol. The Morgan fingerprint density at radius 3 is 2.39 bits per heavy atom. The summed E-state index contributed by atoms with van der Waals surface area (Å²) in [5.74, 6) is -0.848. The smallest absolute Gasteiger partial charge is 0.262 e. The maximum Gasteiger partial charge on any atom is 0.262 e. The Labute approximate surface area is 341 Å². The topological polar surface area (TPSA) is 181 Å². The summed E-state index contributed by atoms with van der Waals surface area (Å²) < 4.78 is 1.76. The molecule has 4 aliphatic heterocycles. The Bertz CT molecular complexity index is 2490. The molecule has 0 radical (unpaired) electrons. The van der Waals surface area contributed by atoms with Gasteiger partial charge < -0.3 is 20.6 Å². The summed E-state index contributed by atoms with van der Waals surface area (Å²) in [7, 11) is 1.88. The number of aliphatic hydroxyl groups is 1. The molecule has 2 saturated heterocycles. The van der Waals surface area contributed by atoms with Crippen molar-refractivity contribution in [2.75, 3.05) is 61.3 Å².